The van der Waals surface area contributed by atoms with E-state index in [1.807, 2.05) is 0 Å². The average molecular weight is 131 g/mol. The van der Waals surface area contributed by atoms with Gasteiger partial charge in [-0.3, -0.25) is 0 Å². The van der Waals surface area contributed by atoms with E-state index in [4.69, 9.17) is 8.08 Å². The van der Waals surface area contributed by atoms with E-state index in [0.717, 1.165) is 0 Å². The van der Waals surface area contributed by atoms with E-state index < -0.39 is 15.0 Å². The molecule has 0 heterocycles. The van der Waals surface area contributed by atoms with Crippen molar-refractivity contribution in [2.45, 2.75) is 0 Å². The Morgan fingerprint density at radius 3 is 1.75 bits per heavy atom. The van der Waals surface area contributed by atoms with Crippen LogP contribution in [0.4, 0.5) is 0 Å². The summed E-state index contributed by atoms with van der Waals surface area (Å²) in [6.45, 7) is 0. The monoisotopic (exact) mass is 131 g/mol. The second-order valence-corrected chi connectivity index (χ2v) is 0.251. The molecule has 1 N–H and O–H groups in total. The average Bonchev–Trinajstić information content (AvgIpc) is 0.918. The molecule has 2 nitrogen and oxygen atoms in total. The molecule has 0 amide bonds. The van der Waals surface area contributed by atoms with Crippen LogP contribution in [0.1, 0.15) is 0 Å². The molecular weight excluding hydrogens is 130 g/mol. The third-order valence-corrected chi connectivity index (χ3v) is 0. The molecule has 0 aromatic rings. The Balaban J connectivity index is 0. The molecule has 0 saturated carbocycles. The molecule has 0 aromatic carbocycles. The van der Waals surface area contributed by atoms with Gasteiger partial charge in [0, 0.05) is 51.4 Å². The summed E-state index contributed by atoms with van der Waals surface area (Å²) in [5, 5.41) is 0. The number of hydrogen-bond acceptors (Lipinski definition) is 1. The molecule has 0 unspecified atom stereocenters. The normalized spacial score (nSPS) is 5.25. The first-order chi connectivity index (χ1) is 1.41. The van der Waals surface area contributed by atoms with Gasteiger partial charge in [-0.15, -0.1) is 0 Å². The van der Waals surface area contributed by atoms with Gasteiger partial charge in [0.25, 0.3) is 0 Å². The fourth-order valence-corrected chi connectivity index (χ4v) is 0. The molecule has 1 radical (unpaired) electrons. The van der Waals surface area contributed by atoms with Crippen LogP contribution in [0.15, 0.2) is 0 Å². The molecular formula is HCoKO2. The second-order valence-electron chi connectivity index (χ2n) is 0.0609. The fraction of sp³-hybridized carbons (Fsp3) is 0. The SMILES string of the molecule is [K].[O]=[Co][OH]. The number of rotatable bonds is 0. The maximum atomic E-state index is 8.45. The summed E-state index contributed by atoms with van der Waals surface area (Å²) in [6, 6.07) is 0. The van der Waals surface area contributed by atoms with Crippen molar-refractivity contribution < 1.29 is 23.0 Å². The van der Waals surface area contributed by atoms with Crippen molar-refractivity contribution in [1.29, 1.82) is 0 Å². The van der Waals surface area contributed by atoms with Gasteiger partial charge in [-0.05, 0) is 0 Å². The van der Waals surface area contributed by atoms with E-state index in [1.165, 1.54) is 0 Å². The van der Waals surface area contributed by atoms with E-state index in [-0.39, 0.29) is 51.4 Å². The van der Waals surface area contributed by atoms with Gasteiger partial charge in [-0.1, -0.05) is 0 Å². The third kappa shape index (κ3) is 9.08. The maximum absolute atomic E-state index is 8.45. The Kier molecular flexibility index (Phi) is 20.6. The predicted octanol–water partition coefficient (Wildman–Crippen LogP) is -1.06. The zero-order chi connectivity index (χ0) is 2.71. The summed E-state index contributed by atoms with van der Waals surface area (Å²) in [4.78, 5) is 0. The predicted molar refractivity (Wildman–Crippen MR) is 8.66 cm³/mol. The molecule has 0 rings (SSSR count). The minimum atomic E-state index is -0.812. The zero-order valence-corrected chi connectivity index (χ0v) is 6.35. The molecule has 4 heavy (non-hydrogen) atoms. The topological polar surface area (TPSA) is 37.3 Å². The van der Waals surface area contributed by atoms with Gasteiger partial charge < -0.3 is 0 Å². The molecule has 0 aliphatic heterocycles. The summed E-state index contributed by atoms with van der Waals surface area (Å²) >= 11 is -0.812. The van der Waals surface area contributed by atoms with Crippen molar-refractivity contribution >= 4 is 51.4 Å². The van der Waals surface area contributed by atoms with Crippen LogP contribution in [0, 0.1) is 0 Å². The van der Waals surface area contributed by atoms with Gasteiger partial charge in [0.1, 0.15) is 0 Å². The van der Waals surface area contributed by atoms with Crippen LogP contribution < -0.4 is 0 Å². The molecule has 23 valence electrons. The third-order valence-electron chi connectivity index (χ3n) is 0. The molecule has 0 aliphatic carbocycles. The van der Waals surface area contributed by atoms with Crippen LogP contribution in [-0.2, 0) is 18.8 Å². The standard InChI is InChI=1S/Co.K.H2O.O/h;;1H2;/q+1;;;/p-1. The minimum absolute atomic E-state index is 0. The van der Waals surface area contributed by atoms with Crippen LogP contribution in [-0.4, -0.2) is 55.6 Å². The summed E-state index contributed by atoms with van der Waals surface area (Å²) in [6.07, 6.45) is 0. The van der Waals surface area contributed by atoms with E-state index in [9.17, 15) is 0 Å². The molecule has 0 aliphatic rings. The molecule has 0 saturated heterocycles. The Labute approximate surface area is 72.9 Å². The Bertz CT molecular complexity index is 13.5. The first-order valence-corrected chi connectivity index (χ1v) is 1.18. The Hall–Kier alpha value is 1.90. The molecule has 0 atom stereocenters. The first kappa shape index (κ1) is 9.32. The van der Waals surface area contributed by atoms with Gasteiger partial charge in [0.15, 0.2) is 0 Å². The molecule has 4 heteroatoms. The fourth-order valence-electron chi connectivity index (χ4n) is 0. The number of hydrogen-bond donors (Lipinski definition) is 1. The molecule has 0 bridgehead atoms. The van der Waals surface area contributed by atoms with Crippen LogP contribution in [0.2, 0.25) is 0 Å². The van der Waals surface area contributed by atoms with Crippen molar-refractivity contribution in [1.82, 2.24) is 0 Å². The zero-order valence-electron chi connectivity index (χ0n) is 2.19. The van der Waals surface area contributed by atoms with E-state index in [0.29, 0.717) is 0 Å². The Morgan fingerprint density at radius 1 is 1.75 bits per heavy atom. The van der Waals surface area contributed by atoms with Gasteiger partial charge in [-0.2, -0.15) is 0 Å². The van der Waals surface area contributed by atoms with Crippen LogP contribution >= 0.6 is 0 Å². The molecule has 0 spiro atoms. The van der Waals surface area contributed by atoms with Crippen molar-refractivity contribution in [2.24, 2.45) is 0 Å². The van der Waals surface area contributed by atoms with Gasteiger partial charge in [0.2, 0.25) is 0 Å². The second kappa shape index (κ2) is 8.86. The van der Waals surface area contributed by atoms with Crippen molar-refractivity contribution in [2.75, 3.05) is 0 Å². The van der Waals surface area contributed by atoms with Gasteiger partial charge >= 0.3 is 23.0 Å². The summed E-state index contributed by atoms with van der Waals surface area (Å²) in [5.41, 5.74) is 0. The summed E-state index contributed by atoms with van der Waals surface area (Å²) in [7, 11) is 0. The van der Waals surface area contributed by atoms with E-state index in [2.05, 4.69) is 0 Å². The van der Waals surface area contributed by atoms with E-state index >= 15 is 0 Å². The van der Waals surface area contributed by atoms with Crippen molar-refractivity contribution in [3.63, 3.8) is 0 Å². The van der Waals surface area contributed by atoms with Gasteiger partial charge in [-0.25, -0.2) is 0 Å². The van der Waals surface area contributed by atoms with Crippen LogP contribution in [0.3, 0.4) is 0 Å². The van der Waals surface area contributed by atoms with Gasteiger partial charge in [0.05, 0.1) is 0 Å². The summed E-state index contributed by atoms with van der Waals surface area (Å²) in [5.74, 6) is 0. The quantitative estimate of drug-likeness (QED) is 0.425. The van der Waals surface area contributed by atoms with E-state index in [1.54, 1.807) is 0 Å². The van der Waals surface area contributed by atoms with Crippen LogP contribution in [0.5, 0.6) is 0 Å². The van der Waals surface area contributed by atoms with Crippen molar-refractivity contribution in [3.8, 4) is 0 Å². The molecule has 0 aromatic heterocycles. The summed E-state index contributed by atoms with van der Waals surface area (Å²) < 4.78 is 15.4. The van der Waals surface area contributed by atoms with Crippen LogP contribution in [0.25, 0.3) is 0 Å². The van der Waals surface area contributed by atoms with Crippen molar-refractivity contribution in [3.05, 3.63) is 0 Å². The molecule has 0 fully saturated rings. The Morgan fingerprint density at radius 2 is 1.75 bits per heavy atom. The first-order valence-electron chi connectivity index (χ1n) is 0.285.